The maximum absolute atomic E-state index is 12.4. The summed E-state index contributed by atoms with van der Waals surface area (Å²) < 4.78 is 7.01. The van der Waals surface area contributed by atoms with Gasteiger partial charge in [-0.25, -0.2) is 0 Å². The van der Waals surface area contributed by atoms with Crippen molar-refractivity contribution in [1.82, 2.24) is 15.1 Å². The topological polar surface area (TPSA) is 68.2 Å². The van der Waals surface area contributed by atoms with Gasteiger partial charge in [0.25, 0.3) is 0 Å². The molecule has 3 heterocycles. The van der Waals surface area contributed by atoms with Gasteiger partial charge >= 0.3 is 0 Å². The number of carbonyl (C=O) groups is 1. The predicted molar refractivity (Wildman–Crippen MR) is 89.5 cm³/mol. The largest absolute Gasteiger partial charge is 0.383 e. The summed E-state index contributed by atoms with van der Waals surface area (Å²) in [6.07, 6.45) is 5.43. The Morgan fingerprint density at radius 3 is 2.70 bits per heavy atom. The lowest BCUT2D eigenvalue weighted by Gasteiger charge is -2.28. The van der Waals surface area contributed by atoms with Crippen molar-refractivity contribution in [2.45, 2.75) is 64.6 Å². The predicted octanol–water partition coefficient (Wildman–Crippen LogP) is 2.01. The maximum Gasteiger partial charge on any atom is 0.224 e. The van der Waals surface area contributed by atoms with Gasteiger partial charge in [-0.1, -0.05) is 0 Å². The summed E-state index contributed by atoms with van der Waals surface area (Å²) in [5.74, 6) is 0.631. The third-order valence-corrected chi connectivity index (χ3v) is 5.20. The number of aryl methyl sites for hydroxylation is 1. The summed E-state index contributed by atoms with van der Waals surface area (Å²) in [5.41, 5.74) is 2.73. The summed E-state index contributed by atoms with van der Waals surface area (Å²) in [6.45, 7) is 5.26. The molecule has 1 aromatic rings. The second-order valence-electron chi connectivity index (χ2n) is 6.99. The van der Waals surface area contributed by atoms with E-state index < -0.39 is 0 Å². The molecule has 2 aliphatic rings. The minimum Gasteiger partial charge on any atom is -0.383 e. The fourth-order valence-electron chi connectivity index (χ4n) is 4.07. The fourth-order valence-corrected chi connectivity index (χ4v) is 4.07. The number of nitrogens with zero attached hydrogens (tertiary/aromatic N) is 2. The van der Waals surface area contributed by atoms with Crippen LogP contribution in [0.1, 0.15) is 43.5 Å². The van der Waals surface area contributed by atoms with Gasteiger partial charge in [-0.15, -0.1) is 0 Å². The van der Waals surface area contributed by atoms with Crippen LogP contribution in [0.3, 0.4) is 0 Å². The van der Waals surface area contributed by atoms with Crippen molar-refractivity contribution in [2.24, 2.45) is 5.92 Å². The van der Waals surface area contributed by atoms with E-state index in [0.717, 1.165) is 29.9 Å². The van der Waals surface area contributed by atoms with Crippen molar-refractivity contribution in [3.05, 3.63) is 11.4 Å². The number of methoxy groups -OCH3 is 1. The highest BCUT2D eigenvalue weighted by Crippen LogP contribution is 2.33. The molecule has 2 saturated heterocycles. The van der Waals surface area contributed by atoms with Gasteiger partial charge in [0.2, 0.25) is 5.91 Å². The van der Waals surface area contributed by atoms with E-state index >= 15 is 0 Å². The molecular weight excluding hydrogens is 292 g/mol. The van der Waals surface area contributed by atoms with E-state index in [4.69, 9.17) is 4.74 Å². The van der Waals surface area contributed by atoms with E-state index in [-0.39, 0.29) is 5.91 Å². The molecule has 2 atom stereocenters. The first-order valence-corrected chi connectivity index (χ1v) is 8.65. The lowest BCUT2D eigenvalue weighted by Crippen LogP contribution is -2.39. The van der Waals surface area contributed by atoms with Gasteiger partial charge in [0.15, 0.2) is 0 Å². The summed E-state index contributed by atoms with van der Waals surface area (Å²) >= 11 is 0. The Bertz CT molecular complexity index is 557. The molecule has 1 aromatic heterocycles. The highest BCUT2D eigenvalue weighted by Gasteiger charge is 2.34. The van der Waals surface area contributed by atoms with E-state index in [9.17, 15) is 4.79 Å². The molecule has 0 spiro atoms. The molecule has 6 nitrogen and oxygen atoms in total. The van der Waals surface area contributed by atoms with Crippen LogP contribution in [0.5, 0.6) is 0 Å². The third-order valence-electron chi connectivity index (χ3n) is 5.20. The van der Waals surface area contributed by atoms with E-state index in [1.165, 1.54) is 12.8 Å². The molecule has 0 saturated carbocycles. The summed E-state index contributed by atoms with van der Waals surface area (Å²) in [4.78, 5) is 12.4. The molecule has 2 bridgehead atoms. The first kappa shape index (κ1) is 16.5. The number of rotatable bonds is 6. The molecule has 2 fully saturated rings. The molecule has 2 N–H and O–H groups in total. The monoisotopic (exact) mass is 320 g/mol. The van der Waals surface area contributed by atoms with Crippen LogP contribution >= 0.6 is 0 Å². The third kappa shape index (κ3) is 3.75. The van der Waals surface area contributed by atoms with Crippen molar-refractivity contribution in [1.29, 1.82) is 0 Å². The van der Waals surface area contributed by atoms with Crippen LogP contribution in [-0.2, 0) is 16.1 Å². The molecule has 23 heavy (non-hydrogen) atoms. The summed E-state index contributed by atoms with van der Waals surface area (Å²) in [6, 6.07) is 1.26. The quantitative estimate of drug-likeness (QED) is 0.841. The number of nitrogens with one attached hydrogen (secondary N) is 2. The number of aromatic nitrogens is 2. The zero-order valence-corrected chi connectivity index (χ0v) is 14.4. The van der Waals surface area contributed by atoms with Gasteiger partial charge < -0.3 is 15.4 Å². The van der Waals surface area contributed by atoms with Gasteiger partial charge in [0.1, 0.15) is 0 Å². The smallest absolute Gasteiger partial charge is 0.224 e. The van der Waals surface area contributed by atoms with Crippen LogP contribution in [0.25, 0.3) is 0 Å². The van der Waals surface area contributed by atoms with Crippen LogP contribution < -0.4 is 10.6 Å². The number of hydrogen-bond donors (Lipinski definition) is 2. The Morgan fingerprint density at radius 1 is 1.35 bits per heavy atom. The molecule has 1 amide bonds. The van der Waals surface area contributed by atoms with Crippen LogP contribution in [0.15, 0.2) is 0 Å². The standard InChI is InChI=1S/C17H28N4O2/c1-11-17(12(2)21(20-11)6-7-23-3)19-16(22)10-13-8-14-4-5-15(9-13)18-14/h13-15,18H,4-10H2,1-3H3,(H,19,22). The Kier molecular flexibility index (Phi) is 5.02. The molecule has 0 aromatic carbocycles. The molecule has 2 aliphatic heterocycles. The van der Waals surface area contributed by atoms with Crippen molar-refractivity contribution >= 4 is 11.6 Å². The normalized spacial score (nSPS) is 26.5. The van der Waals surface area contributed by atoms with Crippen LogP contribution in [0, 0.1) is 19.8 Å². The lowest BCUT2D eigenvalue weighted by atomic mass is 9.89. The van der Waals surface area contributed by atoms with Crippen LogP contribution in [-0.4, -0.2) is 41.5 Å². The minimum absolute atomic E-state index is 0.119. The zero-order chi connectivity index (χ0) is 16.4. The van der Waals surface area contributed by atoms with Crippen molar-refractivity contribution in [2.75, 3.05) is 19.0 Å². The molecule has 2 unspecified atom stereocenters. The number of piperidine rings is 1. The van der Waals surface area contributed by atoms with Gasteiger partial charge in [0.05, 0.1) is 30.2 Å². The summed E-state index contributed by atoms with van der Waals surface area (Å²) in [5, 5.41) is 11.2. The zero-order valence-electron chi connectivity index (χ0n) is 14.4. The van der Waals surface area contributed by atoms with E-state index in [1.807, 2.05) is 18.5 Å². The number of carbonyl (C=O) groups excluding carboxylic acids is 1. The van der Waals surface area contributed by atoms with E-state index in [1.54, 1.807) is 7.11 Å². The van der Waals surface area contributed by atoms with Gasteiger partial charge in [-0.3, -0.25) is 9.48 Å². The van der Waals surface area contributed by atoms with E-state index in [2.05, 4.69) is 15.7 Å². The van der Waals surface area contributed by atoms with E-state index in [0.29, 0.717) is 37.6 Å². The molecule has 6 heteroatoms. The number of ether oxygens (including phenoxy) is 1. The molecular formula is C17H28N4O2. The Hall–Kier alpha value is -1.40. The van der Waals surface area contributed by atoms with Gasteiger partial charge in [0, 0.05) is 25.6 Å². The molecule has 128 valence electrons. The molecule has 3 rings (SSSR count). The van der Waals surface area contributed by atoms with Gasteiger partial charge in [-0.05, 0) is 45.4 Å². The lowest BCUT2D eigenvalue weighted by molar-refractivity contribution is -0.117. The minimum atomic E-state index is 0.119. The highest BCUT2D eigenvalue weighted by molar-refractivity contribution is 5.92. The van der Waals surface area contributed by atoms with Gasteiger partial charge in [-0.2, -0.15) is 5.10 Å². The van der Waals surface area contributed by atoms with Crippen LogP contribution in [0.2, 0.25) is 0 Å². The molecule has 0 aliphatic carbocycles. The number of anilines is 1. The number of amides is 1. The Labute approximate surface area is 138 Å². The highest BCUT2D eigenvalue weighted by atomic mass is 16.5. The average molecular weight is 320 g/mol. The maximum atomic E-state index is 12.4. The van der Waals surface area contributed by atoms with Crippen molar-refractivity contribution in [3.63, 3.8) is 0 Å². The second-order valence-corrected chi connectivity index (χ2v) is 6.99. The fraction of sp³-hybridized carbons (Fsp3) is 0.765. The van der Waals surface area contributed by atoms with Crippen LogP contribution in [0.4, 0.5) is 5.69 Å². The van der Waals surface area contributed by atoms with Crippen molar-refractivity contribution in [3.8, 4) is 0 Å². The first-order valence-electron chi connectivity index (χ1n) is 8.65. The Morgan fingerprint density at radius 2 is 2.04 bits per heavy atom. The number of fused-ring (bicyclic) bond motifs is 2. The Balaban J connectivity index is 1.58. The summed E-state index contributed by atoms with van der Waals surface area (Å²) in [7, 11) is 1.68. The number of hydrogen-bond acceptors (Lipinski definition) is 4. The van der Waals surface area contributed by atoms with Crippen molar-refractivity contribution < 1.29 is 9.53 Å². The SMILES string of the molecule is COCCn1nc(C)c(NC(=O)CC2CC3CCC(C2)N3)c1C. The second kappa shape index (κ2) is 7.01. The average Bonchev–Trinajstić information content (AvgIpc) is 2.98. The molecule has 0 radical (unpaired) electrons. The first-order chi connectivity index (χ1) is 11.1.